The normalized spacial score (nSPS) is 32.5. The van der Waals surface area contributed by atoms with Gasteiger partial charge in [0.1, 0.15) is 0 Å². The number of hydrogen-bond acceptors (Lipinski definition) is 2. The Balaban J connectivity index is 1.03. The van der Waals surface area contributed by atoms with Crippen molar-refractivity contribution in [2.24, 2.45) is 29.1 Å². The predicted molar refractivity (Wildman–Crippen MR) is 226 cm³/mol. The van der Waals surface area contributed by atoms with Gasteiger partial charge in [-0.25, -0.2) is 0 Å². The second-order valence-corrected chi connectivity index (χ2v) is 20.6. The highest BCUT2D eigenvalue weighted by Crippen LogP contribution is 2.89. The quantitative estimate of drug-likeness (QED) is 0.182. The van der Waals surface area contributed by atoms with Gasteiger partial charge >= 0.3 is 0 Å². The summed E-state index contributed by atoms with van der Waals surface area (Å²) in [6.45, 7) is 9.86. The molecule has 0 saturated heterocycles. The minimum absolute atomic E-state index is 0.146. The van der Waals surface area contributed by atoms with Gasteiger partial charge in [-0.1, -0.05) is 137 Å². The van der Waals surface area contributed by atoms with E-state index in [2.05, 4.69) is 166 Å². The Labute approximate surface area is 326 Å². The summed E-state index contributed by atoms with van der Waals surface area (Å²) >= 11 is 2.06. The van der Waals surface area contributed by atoms with Crippen LogP contribution in [0.15, 0.2) is 131 Å². The average Bonchev–Trinajstić information content (AvgIpc) is 3.72. The number of nitrogens with zero attached hydrogens (tertiary/aromatic N) is 1. The minimum Gasteiger partial charge on any atom is -0.333 e. The molecule has 54 heavy (non-hydrogen) atoms. The molecule has 7 atom stereocenters. The molecule has 6 aliphatic carbocycles. The van der Waals surface area contributed by atoms with Crippen molar-refractivity contribution in [3.8, 4) is 0 Å². The van der Waals surface area contributed by atoms with E-state index >= 15 is 0 Å². The van der Waals surface area contributed by atoms with Crippen molar-refractivity contribution in [3.63, 3.8) is 0 Å². The Morgan fingerprint density at radius 2 is 1.44 bits per heavy atom. The molecule has 2 spiro atoms. The van der Waals surface area contributed by atoms with E-state index in [1.807, 2.05) is 0 Å². The molecule has 0 aromatic heterocycles. The third-order valence-corrected chi connectivity index (χ3v) is 17.6. The van der Waals surface area contributed by atoms with E-state index in [0.29, 0.717) is 5.41 Å². The van der Waals surface area contributed by atoms with E-state index in [-0.39, 0.29) is 22.3 Å². The third-order valence-electron chi connectivity index (χ3n) is 16.4. The summed E-state index contributed by atoms with van der Waals surface area (Å²) in [5.41, 5.74) is 12.9. The lowest BCUT2D eigenvalue weighted by Gasteiger charge is -2.78. The van der Waals surface area contributed by atoms with Crippen LogP contribution in [0.25, 0.3) is 16.3 Å². The molecule has 2 heteroatoms. The van der Waals surface area contributed by atoms with Crippen LogP contribution in [0.3, 0.4) is 0 Å². The molecule has 2 bridgehead atoms. The van der Waals surface area contributed by atoms with Gasteiger partial charge in [-0.3, -0.25) is 0 Å². The van der Waals surface area contributed by atoms with Crippen LogP contribution >= 0.6 is 11.8 Å². The highest BCUT2D eigenvalue weighted by Gasteiger charge is 2.84. The average molecular weight is 722 g/mol. The molecular weight excluding hydrogens is 671 g/mol. The van der Waals surface area contributed by atoms with E-state index in [1.54, 1.807) is 11.1 Å². The van der Waals surface area contributed by atoms with Crippen molar-refractivity contribution in [1.82, 2.24) is 0 Å². The molecule has 0 radical (unpaired) electrons. The first-order valence-electron chi connectivity index (χ1n) is 20.9. The van der Waals surface area contributed by atoms with Crippen LogP contribution in [-0.4, -0.2) is 6.04 Å². The Hall–Kier alpha value is -4.01. The number of fused-ring (bicyclic) bond motifs is 9. The maximum atomic E-state index is 2.76. The first-order valence-corrected chi connectivity index (χ1v) is 21.7. The maximum absolute atomic E-state index is 2.76. The van der Waals surface area contributed by atoms with Crippen molar-refractivity contribution in [2.45, 2.75) is 105 Å². The van der Waals surface area contributed by atoms with E-state index < -0.39 is 0 Å². The van der Waals surface area contributed by atoms with Gasteiger partial charge in [-0.15, -0.1) is 0 Å². The fourth-order valence-electron chi connectivity index (χ4n) is 14.0. The Kier molecular flexibility index (Phi) is 6.48. The largest absolute Gasteiger partial charge is 0.333 e. The predicted octanol–water partition coefficient (Wildman–Crippen LogP) is 13.6. The highest BCUT2D eigenvalue weighted by molar-refractivity contribution is 7.99. The molecule has 12 rings (SSSR count). The van der Waals surface area contributed by atoms with Crippen molar-refractivity contribution in [2.75, 3.05) is 4.90 Å². The van der Waals surface area contributed by atoms with Gasteiger partial charge in [0.2, 0.25) is 0 Å². The fraction of sp³-hybridized carbons (Fsp3) is 0.385. The lowest BCUT2D eigenvalue weighted by molar-refractivity contribution is -0.235. The lowest BCUT2D eigenvalue weighted by Crippen LogP contribution is -2.74. The second-order valence-electron chi connectivity index (χ2n) is 19.5. The molecule has 0 amide bonds. The molecule has 1 heterocycles. The summed E-state index contributed by atoms with van der Waals surface area (Å²) in [7, 11) is 0. The monoisotopic (exact) mass is 721 g/mol. The van der Waals surface area contributed by atoms with Gasteiger partial charge in [0.05, 0.1) is 11.7 Å². The first-order chi connectivity index (χ1) is 26.2. The molecule has 4 fully saturated rings. The fourth-order valence-corrected chi connectivity index (χ4v) is 15.3. The van der Waals surface area contributed by atoms with Gasteiger partial charge in [0, 0.05) is 20.9 Å². The van der Waals surface area contributed by atoms with Gasteiger partial charge in [-0.2, -0.15) is 0 Å². The number of hydrogen-bond donors (Lipinski definition) is 0. The summed E-state index contributed by atoms with van der Waals surface area (Å²) in [6.07, 6.45) is 16.8. The molecule has 5 aromatic rings. The SMILES string of the molecule is CC1(C)CCC(C)(C)c2cc(N(c3cccc4c3Sc3ccccc3C43C4CC5CC6CC3C64C5)C3C=CC(c4cccc5ccccc45)=CC3)ccc21. The van der Waals surface area contributed by atoms with Crippen LogP contribution in [0.2, 0.25) is 0 Å². The summed E-state index contributed by atoms with van der Waals surface area (Å²) in [4.78, 5) is 5.79. The van der Waals surface area contributed by atoms with Crippen molar-refractivity contribution >= 4 is 39.5 Å². The second kappa shape index (κ2) is 10.8. The summed E-state index contributed by atoms with van der Waals surface area (Å²) in [6, 6.07) is 40.5. The third kappa shape index (κ3) is 3.99. The van der Waals surface area contributed by atoms with Crippen molar-refractivity contribution in [1.29, 1.82) is 0 Å². The van der Waals surface area contributed by atoms with Crippen LogP contribution in [0.4, 0.5) is 11.4 Å². The zero-order valence-electron chi connectivity index (χ0n) is 32.2. The molecule has 4 saturated carbocycles. The molecule has 1 aliphatic heterocycles. The van der Waals surface area contributed by atoms with E-state index in [1.165, 1.54) is 92.7 Å². The topological polar surface area (TPSA) is 3.24 Å². The number of anilines is 2. The number of allylic oxidation sites excluding steroid dienone is 2. The van der Waals surface area contributed by atoms with Crippen molar-refractivity contribution in [3.05, 3.63) is 149 Å². The molecule has 7 unspecified atom stereocenters. The van der Waals surface area contributed by atoms with Gasteiger partial charge in [0.15, 0.2) is 0 Å². The summed E-state index contributed by atoms with van der Waals surface area (Å²) in [5, 5.41) is 2.64. The Morgan fingerprint density at radius 3 is 2.30 bits per heavy atom. The zero-order valence-corrected chi connectivity index (χ0v) is 33.1. The first kappa shape index (κ1) is 32.3. The highest BCUT2D eigenvalue weighted by atomic mass is 32.2. The lowest BCUT2D eigenvalue weighted by atomic mass is 9.26. The Morgan fingerprint density at radius 1 is 0.685 bits per heavy atom. The van der Waals surface area contributed by atoms with Gasteiger partial charge in [-0.05, 0) is 153 Å². The van der Waals surface area contributed by atoms with E-state index in [0.717, 1.165) is 30.1 Å². The molecule has 1 nitrogen and oxygen atoms in total. The number of benzene rings is 5. The van der Waals surface area contributed by atoms with E-state index in [9.17, 15) is 0 Å². The molecular formula is C52H51NS. The molecule has 5 aromatic carbocycles. The Bertz CT molecular complexity index is 2480. The molecule has 270 valence electrons. The van der Waals surface area contributed by atoms with Crippen LogP contribution in [0.5, 0.6) is 0 Å². The van der Waals surface area contributed by atoms with Gasteiger partial charge < -0.3 is 4.90 Å². The van der Waals surface area contributed by atoms with Gasteiger partial charge in [0.25, 0.3) is 0 Å². The van der Waals surface area contributed by atoms with Crippen LogP contribution in [0.1, 0.15) is 100 Å². The smallest absolute Gasteiger partial charge is 0.0561 e. The van der Waals surface area contributed by atoms with Crippen LogP contribution in [-0.2, 0) is 16.2 Å². The van der Waals surface area contributed by atoms with Crippen molar-refractivity contribution < 1.29 is 0 Å². The molecule has 7 aliphatic rings. The summed E-state index contributed by atoms with van der Waals surface area (Å²) < 4.78 is 0. The summed E-state index contributed by atoms with van der Waals surface area (Å²) in [5.74, 6) is 3.53. The zero-order chi connectivity index (χ0) is 36.2. The maximum Gasteiger partial charge on any atom is 0.0561 e. The van der Waals surface area contributed by atoms with E-state index in [4.69, 9.17) is 0 Å². The van der Waals surface area contributed by atoms with Crippen LogP contribution < -0.4 is 4.90 Å². The molecule has 0 N–H and O–H groups in total. The van der Waals surface area contributed by atoms with Crippen LogP contribution in [0, 0.1) is 29.1 Å². The minimum atomic E-state index is 0.146. The standard InChI is InChI=1S/C52H51NS/c1-49(2)25-26-50(3,4)43-30-37(23-24-40(43)49)53(36-21-19-34(20-22-36)39-14-9-12-33-11-5-6-13-38(33)39)44-17-10-16-42-48(44)54-45-18-8-7-15-41(45)52(42)46-28-32-27-35-29-47(52)51(35,46)31-32/h5-21,23-24,30,32,35-36,46-47H,22,25-29,31H2,1-4H3. The number of rotatable bonds is 4.